The molecular formula is C16H27NOS. The molecule has 0 radical (unpaired) electrons. The minimum atomic E-state index is -0.694. The fourth-order valence-electron chi connectivity index (χ4n) is 2.12. The zero-order valence-corrected chi connectivity index (χ0v) is 13.6. The Morgan fingerprint density at radius 3 is 2.05 bits per heavy atom. The van der Waals surface area contributed by atoms with Crippen LogP contribution in [0.5, 0.6) is 0 Å². The molecule has 1 aromatic rings. The molecule has 1 rings (SSSR count). The molecular weight excluding hydrogens is 254 g/mol. The van der Waals surface area contributed by atoms with Crippen LogP contribution in [0.25, 0.3) is 0 Å². The van der Waals surface area contributed by atoms with Gasteiger partial charge in [-0.05, 0) is 37.3 Å². The van der Waals surface area contributed by atoms with E-state index in [1.165, 1.54) is 11.1 Å². The highest BCUT2D eigenvalue weighted by molar-refractivity contribution is 7.84. The first-order chi connectivity index (χ1) is 8.90. The van der Waals surface area contributed by atoms with Crippen LogP contribution < -0.4 is 5.32 Å². The topological polar surface area (TPSA) is 29.1 Å². The number of benzene rings is 1. The van der Waals surface area contributed by atoms with Crippen LogP contribution in [-0.2, 0) is 10.8 Å². The van der Waals surface area contributed by atoms with Crippen LogP contribution in [0.3, 0.4) is 0 Å². The van der Waals surface area contributed by atoms with E-state index in [2.05, 4.69) is 57.3 Å². The van der Waals surface area contributed by atoms with Crippen LogP contribution in [0.1, 0.15) is 57.2 Å². The third-order valence-corrected chi connectivity index (χ3v) is 4.29. The van der Waals surface area contributed by atoms with Crippen molar-refractivity contribution in [1.82, 2.24) is 5.32 Å². The van der Waals surface area contributed by atoms with E-state index in [1.807, 2.05) is 0 Å². The number of hydrogen-bond donors (Lipinski definition) is 1. The summed E-state index contributed by atoms with van der Waals surface area (Å²) < 4.78 is 11.1. The first-order valence-corrected chi connectivity index (χ1v) is 8.78. The van der Waals surface area contributed by atoms with Crippen molar-refractivity contribution in [3.8, 4) is 0 Å². The minimum absolute atomic E-state index is 0.335. The molecule has 1 N–H and O–H groups in total. The Kier molecular flexibility index (Phi) is 6.73. The molecule has 0 amide bonds. The van der Waals surface area contributed by atoms with E-state index in [4.69, 9.17) is 0 Å². The summed E-state index contributed by atoms with van der Waals surface area (Å²) in [5.74, 6) is 1.35. The number of rotatable bonds is 7. The third-order valence-electron chi connectivity index (χ3n) is 3.48. The van der Waals surface area contributed by atoms with Gasteiger partial charge in [0, 0.05) is 34.9 Å². The average molecular weight is 281 g/mol. The first-order valence-electron chi connectivity index (χ1n) is 7.06. The molecule has 0 aliphatic carbocycles. The van der Waals surface area contributed by atoms with Crippen molar-refractivity contribution in [2.75, 3.05) is 12.0 Å². The van der Waals surface area contributed by atoms with Crippen LogP contribution >= 0.6 is 0 Å². The minimum Gasteiger partial charge on any atom is -0.308 e. The van der Waals surface area contributed by atoms with Gasteiger partial charge < -0.3 is 5.32 Å². The average Bonchev–Trinajstić information content (AvgIpc) is 2.36. The maximum absolute atomic E-state index is 11.1. The molecule has 0 saturated heterocycles. The maximum Gasteiger partial charge on any atom is 0.0294 e. The second kappa shape index (κ2) is 7.81. The molecule has 0 fully saturated rings. The zero-order chi connectivity index (χ0) is 14.4. The van der Waals surface area contributed by atoms with Crippen molar-refractivity contribution < 1.29 is 4.21 Å². The second-order valence-electron chi connectivity index (χ2n) is 5.68. The lowest BCUT2D eigenvalue weighted by Gasteiger charge is -2.20. The number of nitrogens with one attached hydrogen (secondary N) is 1. The summed E-state index contributed by atoms with van der Waals surface area (Å²) in [6.07, 6.45) is 2.72. The summed E-state index contributed by atoms with van der Waals surface area (Å²) >= 11 is 0. The molecule has 2 nitrogen and oxygen atoms in total. The van der Waals surface area contributed by atoms with Crippen LogP contribution in [0, 0.1) is 0 Å². The highest BCUT2D eigenvalue weighted by Crippen LogP contribution is 2.19. The van der Waals surface area contributed by atoms with E-state index in [0.29, 0.717) is 18.0 Å². The van der Waals surface area contributed by atoms with Crippen molar-refractivity contribution in [3.63, 3.8) is 0 Å². The van der Waals surface area contributed by atoms with Crippen molar-refractivity contribution >= 4 is 10.8 Å². The molecule has 19 heavy (non-hydrogen) atoms. The zero-order valence-electron chi connectivity index (χ0n) is 12.8. The Bertz CT molecular complexity index is 400. The summed E-state index contributed by atoms with van der Waals surface area (Å²) in [6.45, 7) is 8.77. The Labute approximate surface area is 120 Å². The van der Waals surface area contributed by atoms with Crippen LogP contribution in [0.2, 0.25) is 0 Å². The lowest BCUT2D eigenvalue weighted by molar-refractivity contribution is 0.470. The summed E-state index contributed by atoms with van der Waals surface area (Å²) in [5.41, 5.74) is 2.69. The van der Waals surface area contributed by atoms with Gasteiger partial charge in [-0.3, -0.25) is 4.21 Å². The molecule has 108 valence electrons. The quantitative estimate of drug-likeness (QED) is 0.827. The normalized spacial score (nSPS) is 16.3. The van der Waals surface area contributed by atoms with Crippen LogP contribution in [-0.4, -0.2) is 22.3 Å². The van der Waals surface area contributed by atoms with Gasteiger partial charge in [0.1, 0.15) is 0 Å². The Morgan fingerprint density at radius 1 is 1.05 bits per heavy atom. The largest absolute Gasteiger partial charge is 0.308 e. The van der Waals surface area contributed by atoms with E-state index in [9.17, 15) is 4.21 Å². The van der Waals surface area contributed by atoms with E-state index in [0.717, 1.165) is 12.2 Å². The second-order valence-corrected chi connectivity index (χ2v) is 7.23. The van der Waals surface area contributed by atoms with Crippen LogP contribution in [0.15, 0.2) is 24.3 Å². The SMILES string of the molecule is CC(CCS(C)=O)NC(C)c1ccc(C(C)C)cc1. The maximum atomic E-state index is 11.1. The summed E-state index contributed by atoms with van der Waals surface area (Å²) in [7, 11) is -0.694. The lowest BCUT2D eigenvalue weighted by atomic mass is 9.99. The van der Waals surface area contributed by atoms with E-state index in [1.54, 1.807) is 6.26 Å². The predicted molar refractivity (Wildman–Crippen MR) is 85.1 cm³/mol. The molecule has 3 unspecified atom stereocenters. The molecule has 0 aromatic heterocycles. The monoisotopic (exact) mass is 281 g/mol. The number of hydrogen-bond acceptors (Lipinski definition) is 2. The van der Waals surface area contributed by atoms with Gasteiger partial charge >= 0.3 is 0 Å². The van der Waals surface area contributed by atoms with Gasteiger partial charge in [0.2, 0.25) is 0 Å². The molecule has 0 bridgehead atoms. The fraction of sp³-hybridized carbons (Fsp3) is 0.625. The molecule has 0 aliphatic heterocycles. The Hall–Kier alpha value is -0.670. The predicted octanol–water partition coefficient (Wildman–Crippen LogP) is 3.62. The van der Waals surface area contributed by atoms with Gasteiger partial charge in [-0.2, -0.15) is 0 Å². The standard InChI is InChI=1S/C16H27NOS/c1-12(2)15-6-8-16(9-7-15)14(4)17-13(3)10-11-19(5)18/h6-9,12-14,17H,10-11H2,1-5H3. The molecule has 0 aliphatic rings. The molecule has 3 heteroatoms. The first kappa shape index (κ1) is 16.4. The molecule has 3 atom stereocenters. The van der Waals surface area contributed by atoms with E-state index in [-0.39, 0.29) is 0 Å². The van der Waals surface area contributed by atoms with Crippen molar-refractivity contribution in [1.29, 1.82) is 0 Å². The summed E-state index contributed by atoms with van der Waals surface area (Å²) in [6, 6.07) is 9.56. The van der Waals surface area contributed by atoms with Gasteiger partial charge in [-0.15, -0.1) is 0 Å². The summed E-state index contributed by atoms with van der Waals surface area (Å²) in [4.78, 5) is 0. The van der Waals surface area contributed by atoms with Crippen LogP contribution in [0.4, 0.5) is 0 Å². The van der Waals surface area contributed by atoms with Gasteiger partial charge in [-0.25, -0.2) is 0 Å². The highest BCUT2D eigenvalue weighted by Gasteiger charge is 2.10. The summed E-state index contributed by atoms with van der Waals surface area (Å²) in [5, 5.41) is 3.57. The van der Waals surface area contributed by atoms with Gasteiger partial charge in [0.15, 0.2) is 0 Å². The lowest BCUT2D eigenvalue weighted by Crippen LogP contribution is -2.30. The van der Waals surface area contributed by atoms with E-state index >= 15 is 0 Å². The third kappa shape index (κ3) is 5.87. The van der Waals surface area contributed by atoms with Crippen molar-refractivity contribution in [2.24, 2.45) is 0 Å². The fourth-order valence-corrected chi connectivity index (χ4v) is 2.80. The van der Waals surface area contributed by atoms with Gasteiger partial charge in [0.25, 0.3) is 0 Å². The Morgan fingerprint density at radius 2 is 1.58 bits per heavy atom. The Balaban J connectivity index is 2.52. The highest BCUT2D eigenvalue weighted by atomic mass is 32.2. The van der Waals surface area contributed by atoms with Crippen molar-refractivity contribution in [2.45, 2.75) is 52.1 Å². The van der Waals surface area contributed by atoms with Gasteiger partial charge in [-0.1, -0.05) is 38.1 Å². The van der Waals surface area contributed by atoms with E-state index < -0.39 is 10.8 Å². The molecule has 0 spiro atoms. The van der Waals surface area contributed by atoms with Gasteiger partial charge in [0.05, 0.1) is 0 Å². The smallest absolute Gasteiger partial charge is 0.0294 e. The molecule has 0 saturated carbocycles. The molecule has 1 aromatic carbocycles. The van der Waals surface area contributed by atoms with Crippen molar-refractivity contribution in [3.05, 3.63) is 35.4 Å². The molecule has 0 heterocycles.